The third-order valence-corrected chi connectivity index (χ3v) is 6.07. The van der Waals surface area contributed by atoms with Crippen LogP contribution in [0.15, 0.2) is 29.3 Å². The van der Waals surface area contributed by atoms with Crippen molar-refractivity contribution >= 4 is 35.9 Å². The molecular weight excluding hydrogens is 493 g/mol. The van der Waals surface area contributed by atoms with Gasteiger partial charge in [0.25, 0.3) is 0 Å². The Labute approximate surface area is 197 Å². The number of rotatable bonds is 8. The van der Waals surface area contributed by atoms with Gasteiger partial charge >= 0.3 is 5.97 Å². The van der Waals surface area contributed by atoms with Crippen molar-refractivity contribution in [2.75, 3.05) is 20.7 Å². The van der Waals surface area contributed by atoms with Gasteiger partial charge < -0.3 is 20.1 Å². The average molecular weight is 529 g/mol. The van der Waals surface area contributed by atoms with Gasteiger partial charge in [-0.3, -0.25) is 9.79 Å². The number of methoxy groups -OCH3 is 1. The quantitative estimate of drug-likeness (QED) is 0.168. The van der Waals surface area contributed by atoms with E-state index in [1.807, 2.05) is 7.05 Å². The highest BCUT2D eigenvalue weighted by Crippen LogP contribution is 2.46. The van der Waals surface area contributed by atoms with Gasteiger partial charge in [-0.2, -0.15) is 0 Å². The first kappa shape index (κ1) is 24.8. The number of aliphatic imine (C=N–C) groups is 1. The van der Waals surface area contributed by atoms with E-state index < -0.39 is 0 Å². The maximum absolute atomic E-state index is 11.1. The second-order valence-corrected chi connectivity index (χ2v) is 8.17. The van der Waals surface area contributed by atoms with Crippen LogP contribution in [0.3, 0.4) is 0 Å². The van der Waals surface area contributed by atoms with Gasteiger partial charge in [-0.05, 0) is 44.6 Å². The lowest BCUT2D eigenvalue weighted by atomic mass is 9.86. The van der Waals surface area contributed by atoms with E-state index in [0.29, 0.717) is 6.42 Å². The predicted molar refractivity (Wildman–Crippen MR) is 131 cm³/mol. The fourth-order valence-electron chi connectivity index (χ4n) is 4.49. The number of para-hydroxylation sites is 1. The zero-order chi connectivity index (χ0) is 20.5. The molecule has 0 aromatic heterocycles. The summed E-state index contributed by atoms with van der Waals surface area (Å²) < 4.78 is 11.1. The Morgan fingerprint density at radius 2 is 1.93 bits per heavy atom. The van der Waals surface area contributed by atoms with E-state index in [-0.39, 0.29) is 41.6 Å². The summed E-state index contributed by atoms with van der Waals surface area (Å²) in [5.74, 6) is 1.73. The fourth-order valence-corrected chi connectivity index (χ4v) is 4.49. The van der Waals surface area contributed by atoms with Crippen molar-refractivity contribution in [3.05, 3.63) is 29.8 Å². The molecular formula is C23H36IN3O3. The first-order valence-corrected chi connectivity index (χ1v) is 11.0. The number of nitrogens with one attached hydrogen (secondary N) is 2. The monoisotopic (exact) mass is 529 g/mol. The van der Waals surface area contributed by atoms with Crippen LogP contribution >= 0.6 is 24.0 Å². The summed E-state index contributed by atoms with van der Waals surface area (Å²) in [4.78, 5) is 15.6. The van der Waals surface area contributed by atoms with Crippen LogP contribution in [-0.4, -0.2) is 38.2 Å². The van der Waals surface area contributed by atoms with Crippen molar-refractivity contribution in [1.82, 2.24) is 10.6 Å². The smallest absolute Gasteiger partial charge is 0.305 e. The Morgan fingerprint density at radius 1 is 1.20 bits per heavy atom. The molecule has 7 heteroatoms. The maximum Gasteiger partial charge on any atom is 0.305 e. The number of carbonyl (C=O) groups excluding carboxylic acids is 1. The van der Waals surface area contributed by atoms with Crippen LogP contribution in [-0.2, 0) is 9.53 Å². The number of unbranched alkanes of at least 4 members (excludes halogenated alkanes) is 3. The standard InChI is InChI=1S/C23H35N3O3.HI/c1-24-22(25-16-10-4-3-5-13-21(27)28-2)26-19-17-23(14-8-9-15-23)29-20-12-7-6-11-18(19)20;/h6-7,11-12,19H,3-5,8-10,13-17H2,1-2H3,(H2,24,25,26);1H. The van der Waals surface area contributed by atoms with E-state index in [1.165, 1.54) is 25.5 Å². The van der Waals surface area contributed by atoms with Gasteiger partial charge in [-0.25, -0.2) is 0 Å². The number of nitrogens with zero attached hydrogens (tertiary/aromatic N) is 1. The highest BCUT2D eigenvalue weighted by atomic mass is 127. The molecule has 2 aliphatic rings. The van der Waals surface area contributed by atoms with Crippen LogP contribution in [0.25, 0.3) is 0 Å². The molecule has 1 saturated carbocycles. The lowest BCUT2D eigenvalue weighted by Crippen LogP contribution is -2.46. The van der Waals surface area contributed by atoms with Gasteiger partial charge in [-0.1, -0.05) is 31.0 Å². The zero-order valence-corrected chi connectivity index (χ0v) is 20.6. The topological polar surface area (TPSA) is 72.0 Å². The number of benzene rings is 1. The first-order valence-electron chi connectivity index (χ1n) is 11.0. The van der Waals surface area contributed by atoms with E-state index in [1.54, 1.807) is 0 Å². The summed E-state index contributed by atoms with van der Waals surface area (Å²) in [6.45, 7) is 0.869. The molecule has 30 heavy (non-hydrogen) atoms. The molecule has 1 spiro atoms. The normalized spacial score (nSPS) is 19.4. The van der Waals surface area contributed by atoms with Crippen LogP contribution < -0.4 is 15.4 Å². The molecule has 0 amide bonds. The van der Waals surface area contributed by atoms with Crippen LogP contribution in [0.1, 0.15) is 75.8 Å². The van der Waals surface area contributed by atoms with E-state index in [4.69, 9.17) is 4.74 Å². The lowest BCUT2D eigenvalue weighted by molar-refractivity contribution is -0.140. The van der Waals surface area contributed by atoms with Crippen LogP contribution in [0.4, 0.5) is 0 Å². The lowest BCUT2D eigenvalue weighted by Gasteiger charge is -2.40. The molecule has 1 atom stereocenters. The Balaban J connectivity index is 0.00000320. The molecule has 1 aromatic rings. The molecule has 1 aliphatic carbocycles. The molecule has 0 radical (unpaired) electrons. The molecule has 6 nitrogen and oxygen atoms in total. The zero-order valence-electron chi connectivity index (χ0n) is 18.2. The molecule has 1 fully saturated rings. The Morgan fingerprint density at radius 3 is 2.67 bits per heavy atom. The largest absolute Gasteiger partial charge is 0.487 e. The third-order valence-electron chi connectivity index (χ3n) is 6.07. The molecule has 2 N–H and O–H groups in total. The van der Waals surface area contributed by atoms with Crippen LogP contribution in [0, 0.1) is 0 Å². The van der Waals surface area contributed by atoms with Gasteiger partial charge in [0, 0.05) is 32.0 Å². The Bertz CT molecular complexity index is 705. The summed E-state index contributed by atoms with van der Waals surface area (Å²) in [5.41, 5.74) is 1.20. The summed E-state index contributed by atoms with van der Waals surface area (Å²) >= 11 is 0. The maximum atomic E-state index is 11.1. The minimum Gasteiger partial charge on any atom is -0.487 e. The van der Waals surface area contributed by atoms with E-state index in [2.05, 4.69) is 44.6 Å². The van der Waals surface area contributed by atoms with E-state index in [9.17, 15) is 4.79 Å². The van der Waals surface area contributed by atoms with Gasteiger partial charge in [0.1, 0.15) is 11.4 Å². The van der Waals surface area contributed by atoms with Crippen LogP contribution in [0.5, 0.6) is 5.75 Å². The first-order chi connectivity index (χ1) is 14.2. The van der Waals surface area contributed by atoms with E-state index >= 15 is 0 Å². The second kappa shape index (κ2) is 12.4. The predicted octanol–water partition coefficient (Wildman–Crippen LogP) is 4.73. The average Bonchev–Trinajstić information content (AvgIpc) is 3.18. The minimum absolute atomic E-state index is 0. The molecule has 1 unspecified atom stereocenters. The molecule has 1 aliphatic heterocycles. The van der Waals surface area contributed by atoms with Crippen molar-refractivity contribution in [2.45, 2.75) is 75.9 Å². The summed E-state index contributed by atoms with van der Waals surface area (Å²) in [6.07, 6.45) is 10.3. The van der Waals surface area contributed by atoms with Crippen molar-refractivity contribution < 1.29 is 14.3 Å². The van der Waals surface area contributed by atoms with Crippen LogP contribution in [0.2, 0.25) is 0 Å². The molecule has 0 saturated heterocycles. The fraction of sp³-hybridized carbons (Fsp3) is 0.652. The minimum atomic E-state index is -0.121. The number of hydrogen-bond donors (Lipinski definition) is 2. The summed E-state index contributed by atoms with van der Waals surface area (Å²) in [5, 5.41) is 7.08. The van der Waals surface area contributed by atoms with Gasteiger partial charge in [-0.15, -0.1) is 24.0 Å². The van der Waals surface area contributed by atoms with Crippen molar-refractivity contribution in [3.63, 3.8) is 0 Å². The Hall–Kier alpha value is -1.51. The van der Waals surface area contributed by atoms with Gasteiger partial charge in [0.15, 0.2) is 5.96 Å². The SMILES string of the molecule is CN=C(NCCCCCCC(=O)OC)NC1CC2(CCCC2)Oc2ccccc21.I. The number of carbonyl (C=O) groups is 1. The number of fused-ring (bicyclic) bond motifs is 1. The summed E-state index contributed by atoms with van der Waals surface area (Å²) in [7, 11) is 3.26. The number of ether oxygens (including phenoxy) is 2. The number of guanidine groups is 1. The molecule has 3 rings (SSSR count). The molecule has 1 heterocycles. The van der Waals surface area contributed by atoms with Crippen molar-refractivity contribution in [2.24, 2.45) is 4.99 Å². The van der Waals surface area contributed by atoms with Gasteiger partial charge in [0.05, 0.1) is 13.2 Å². The molecule has 168 valence electrons. The highest BCUT2D eigenvalue weighted by molar-refractivity contribution is 14.0. The Kier molecular flexibility index (Phi) is 10.2. The third kappa shape index (κ3) is 6.75. The number of esters is 1. The van der Waals surface area contributed by atoms with E-state index in [0.717, 1.165) is 63.2 Å². The number of halogens is 1. The highest BCUT2D eigenvalue weighted by Gasteiger charge is 2.43. The molecule has 1 aromatic carbocycles. The summed E-state index contributed by atoms with van der Waals surface area (Å²) in [6, 6.07) is 8.59. The van der Waals surface area contributed by atoms with Crippen molar-refractivity contribution in [3.8, 4) is 5.75 Å². The van der Waals surface area contributed by atoms with Crippen molar-refractivity contribution in [1.29, 1.82) is 0 Å². The van der Waals surface area contributed by atoms with Gasteiger partial charge in [0.2, 0.25) is 0 Å². The molecule has 0 bridgehead atoms. The second-order valence-electron chi connectivity index (χ2n) is 8.17. The number of hydrogen-bond acceptors (Lipinski definition) is 4.